The quantitative estimate of drug-likeness (QED) is 0.408. The maximum atomic E-state index is 13.0. The van der Waals surface area contributed by atoms with Gasteiger partial charge in [-0.3, -0.25) is 24.2 Å². The first-order chi connectivity index (χ1) is 14.9. The second-order valence-electron chi connectivity index (χ2n) is 8.87. The Labute approximate surface area is 182 Å². The molecule has 1 aliphatic carbocycles. The number of carbonyl (C=O) groups is 4. The molecule has 0 bridgehead atoms. The highest BCUT2D eigenvalue weighted by molar-refractivity contribution is 6.44. The van der Waals surface area contributed by atoms with E-state index in [0.717, 1.165) is 49.4 Å². The van der Waals surface area contributed by atoms with Crippen LogP contribution in [0.15, 0.2) is 24.3 Å². The molecule has 4 rings (SSSR count). The van der Waals surface area contributed by atoms with E-state index in [1.807, 2.05) is 29.2 Å². The number of ketones is 1. The summed E-state index contributed by atoms with van der Waals surface area (Å²) in [6.45, 7) is 6.60. The second-order valence-corrected chi connectivity index (χ2v) is 8.87. The highest BCUT2D eigenvalue weighted by Crippen LogP contribution is 2.31. The van der Waals surface area contributed by atoms with E-state index in [0.29, 0.717) is 18.7 Å². The Morgan fingerprint density at radius 1 is 0.935 bits per heavy atom. The van der Waals surface area contributed by atoms with Crippen molar-refractivity contribution in [3.05, 3.63) is 29.8 Å². The SMILES string of the molecule is CC(=O)c1ccc(N2CCN(CN3C(=O)C(=O)N([C@@H]4CCCC[C@H]4C)C3=O)CC2)cc1. The van der Waals surface area contributed by atoms with Gasteiger partial charge in [-0.1, -0.05) is 19.8 Å². The van der Waals surface area contributed by atoms with Crippen LogP contribution in [0, 0.1) is 5.92 Å². The lowest BCUT2D eigenvalue weighted by Gasteiger charge is -2.37. The smallest absolute Gasteiger partial charge is 0.335 e. The lowest BCUT2D eigenvalue weighted by Crippen LogP contribution is -2.52. The highest BCUT2D eigenvalue weighted by Gasteiger charge is 2.49. The number of benzene rings is 1. The van der Waals surface area contributed by atoms with Crippen LogP contribution in [0.4, 0.5) is 10.5 Å². The normalized spacial score (nSPS) is 25.5. The minimum Gasteiger partial charge on any atom is -0.369 e. The summed E-state index contributed by atoms with van der Waals surface area (Å²) >= 11 is 0. The van der Waals surface area contributed by atoms with E-state index >= 15 is 0 Å². The molecule has 1 saturated carbocycles. The van der Waals surface area contributed by atoms with Gasteiger partial charge in [0.05, 0.1) is 6.67 Å². The lowest BCUT2D eigenvalue weighted by molar-refractivity contribution is -0.145. The van der Waals surface area contributed by atoms with E-state index < -0.39 is 17.8 Å². The van der Waals surface area contributed by atoms with Crippen LogP contribution in [0.25, 0.3) is 0 Å². The van der Waals surface area contributed by atoms with Gasteiger partial charge in [0.1, 0.15) is 0 Å². The number of urea groups is 1. The summed E-state index contributed by atoms with van der Waals surface area (Å²) in [5.74, 6) is -1.10. The Morgan fingerprint density at radius 3 is 2.19 bits per heavy atom. The molecule has 8 nitrogen and oxygen atoms in total. The van der Waals surface area contributed by atoms with Crippen LogP contribution < -0.4 is 4.90 Å². The van der Waals surface area contributed by atoms with Crippen LogP contribution in [0.1, 0.15) is 49.9 Å². The van der Waals surface area contributed by atoms with Gasteiger partial charge < -0.3 is 4.90 Å². The van der Waals surface area contributed by atoms with Gasteiger partial charge in [-0.05, 0) is 49.9 Å². The van der Waals surface area contributed by atoms with Gasteiger partial charge in [-0.25, -0.2) is 9.69 Å². The van der Waals surface area contributed by atoms with E-state index in [2.05, 4.69) is 11.8 Å². The zero-order valence-electron chi connectivity index (χ0n) is 18.2. The lowest BCUT2D eigenvalue weighted by atomic mass is 9.85. The van der Waals surface area contributed by atoms with Crippen molar-refractivity contribution in [3.63, 3.8) is 0 Å². The Balaban J connectivity index is 1.35. The van der Waals surface area contributed by atoms with Crippen molar-refractivity contribution in [3.8, 4) is 0 Å². The number of imide groups is 2. The summed E-state index contributed by atoms with van der Waals surface area (Å²) in [7, 11) is 0. The number of hydrogen-bond acceptors (Lipinski definition) is 6. The molecule has 3 aliphatic rings. The molecule has 3 fully saturated rings. The Morgan fingerprint density at radius 2 is 1.58 bits per heavy atom. The maximum Gasteiger partial charge on any atom is 0.335 e. The van der Waals surface area contributed by atoms with Gasteiger partial charge in [0.15, 0.2) is 5.78 Å². The monoisotopic (exact) mass is 426 g/mol. The van der Waals surface area contributed by atoms with Gasteiger partial charge in [0.2, 0.25) is 0 Å². The van der Waals surface area contributed by atoms with Crippen LogP contribution in [-0.4, -0.2) is 77.2 Å². The molecule has 4 amide bonds. The average Bonchev–Trinajstić information content (AvgIpc) is 2.98. The molecular formula is C23H30N4O4. The fourth-order valence-corrected chi connectivity index (χ4v) is 4.87. The summed E-state index contributed by atoms with van der Waals surface area (Å²) in [4.78, 5) is 56.2. The Kier molecular flexibility index (Phi) is 6.09. The molecule has 0 unspecified atom stereocenters. The van der Waals surface area contributed by atoms with Gasteiger partial charge in [0.25, 0.3) is 0 Å². The van der Waals surface area contributed by atoms with Crippen molar-refractivity contribution in [2.24, 2.45) is 5.92 Å². The predicted octanol–water partition coefficient (Wildman–Crippen LogP) is 2.34. The summed E-state index contributed by atoms with van der Waals surface area (Å²) in [6, 6.07) is 6.92. The first kappa shape index (κ1) is 21.5. The molecular weight excluding hydrogens is 396 g/mol. The van der Waals surface area contributed by atoms with Crippen molar-refractivity contribution < 1.29 is 19.2 Å². The second kappa shape index (κ2) is 8.78. The van der Waals surface area contributed by atoms with Crippen LogP contribution in [0.2, 0.25) is 0 Å². The van der Waals surface area contributed by atoms with Gasteiger partial charge in [-0.2, -0.15) is 0 Å². The topological polar surface area (TPSA) is 81.2 Å². The molecule has 2 heterocycles. The van der Waals surface area contributed by atoms with Crippen molar-refractivity contribution in [1.29, 1.82) is 0 Å². The van der Waals surface area contributed by atoms with Gasteiger partial charge in [-0.15, -0.1) is 0 Å². The van der Waals surface area contributed by atoms with Crippen molar-refractivity contribution in [1.82, 2.24) is 14.7 Å². The van der Waals surface area contributed by atoms with Crippen molar-refractivity contribution in [2.45, 2.75) is 45.6 Å². The fraction of sp³-hybridized carbons (Fsp3) is 0.565. The highest BCUT2D eigenvalue weighted by atomic mass is 16.2. The van der Waals surface area contributed by atoms with Crippen LogP contribution in [0.5, 0.6) is 0 Å². The zero-order valence-corrected chi connectivity index (χ0v) is 18.2. The maximum absolute atomic E-state index is 13.0. The first-order valence-corrected chi connectivity index (χ1v) is 11.1. The summed E-state index contributed by atoms with van der Waals surface area (Å²) in [6.07, 6.45) is 3.84. The molecule has 2 aliphatic heterocycles. The van der Waals surface area contributed by atoms with E-state index in [4.69, 9.17) is 0 Å². The minimum atomic E-state index is -0.704. The number of carbonyl (C=O) groups excluding carboxylic acids is 4. The third kappa shape index (κ3) is 4.21. The zero-order chi connectivity index (χ0) is 22.1. The van der Waals surface area contributed by atoms with E-state index in [9.17, 15) is 19.2 Å². The average molecular weight is 427 g/mol. The molecule has 0 radical (unpaired) electrons. The number of Topliss-reactive ketones (excluding diaryl/α,β-unsaturated/α-hetero) is 1. The molecule has 0 aromatic heterocycles. The molecule has 1 aromatic rings. The first-order valence-electron chi connectivity index (χ1n) is 11.1. The molecule has 8 heteroatoms. The van der Waals surface area contributed by atoms with E-state index in [-0.39, 0.29) is 24.4 Å². The van der Waals surface area contributed by atoms with Gasteiger partial charge >= 0.3 is 17.8 Å². The minimum absolute atomic E-state index is 0.0440. The van der Waals surface area contributed by atoms with Crippen molar-refractivity contribution >= 4 is 29.3 Å². The third-order valence-electron chi connectivity index (χ3n) is 6.83. The molecule has 31 heavy (non-hydrogen) atoms. The van der Waals surface area contributed by atoms with E-state index in [1.165, 1.54) is 4.90 Å². The third-order valence-corrected chi connectivity index (χ3v) is 6.83. The molecule has 2 atom stereocenters. The molecule has 1 aromatic carbocycles. The summed E-state index contributed by atoms with van der Waals surface area (Å²) in [5, 5.41) is 0. The molecule has 166 valence electrons. The summed E-state index contributed by atoms with van der Waals surface area (Å²) in [5.41, 5.74) is 1.74. The standard InChI is InChI=1S/C23H30N4O4/c1-16-5-3-4-6-20(16)27-22(30)21(29)26(23(27)31)15-24-11-13-25(14-12-24)19-9-7-18(8-10-19)17(2)28/h7-10,16,20H,3-6,11-15H2,1-2H3/t16-,20-/m1/s1. The number of amides is 4. The number of hydrogen-bond donors (Lipinski definition) is 0. The molecule has 0 N–H and O–H groups in total. The number of rotatable bonds is 5. The Bertz CT molecular complexity index is 876. The van der Waals surface area contributed by atoms with Gasteiger partial charge in [0, 0.05) is 43.5 Å². The predicted molar refractivity (Wildman–Crippen MR) is 116 cm³/mol. The number of anilines is 1. The summed E-state index contributed by atoms with van der Waals surface area (Å²) < 4.78 is 0. The largest absolute Gasteiger partial charge is 0.369 e. The number of nitrogens with zero attached hydrogens (tertiary/aromatic N) is 4. The molecule has 0 spiro atoms. The van der Waals surface area contributed by atoms with Crippen LogP contribution >= 0.6 is 0 Å². The molecule has 2 saturated heterocycles. The van der Waals surface area contributed by atoms with E-state index in [1.54, 1.807) is 6.92 Å². The van der Waals surface area contributed by atoms with Crippen molar-refractivity contribution in [2.75, 3.05) is 37.7 Å². The van der Waals surface area contributed by atoms with Crippen LogP contribution in [0.3, 0.4) is 0 Å². The fourth-order valence-electron chi connectivity index (χ4n) is 4.87. The number of piperazine rings is 1. The van der Waals surface area contributed by atoms with Crippen LogP contribution in [-0.2, 0) is 9.59 Å². The Hall–Kier alpha value is -2.74.